The number of ether oxygens (including phenoxy) is 1. The fourth-order valence-electron chi connectivity index (χ4n) is 3.55. The second-order valence-corrected chi connectivity index (χ2v) is 7.18. The van der Waals surface area contributed by atoms with E-state index in [2.05, 4.69) is 15.2 Å². The van der Waals surface area contributed by atoms with Gasteiger partial charge in [0.15, 0.2) is 5.82 Å². The van der Waals surface area contributed by atoms with Crippen molar-refractivity contribution in [3.8, 4) is 5.69 Å². The summed E-state index contributed by atoms with van der Waals surface area (Å²) in [4.78, 5) is 4.37. The van der Waals surface area contributed by atoms with Crippen molar-refractivity contribution in [1.29, 1.82) is 0 Å². The highest BCUT2D eigenvalue weighted by atomic mass is 35.5. The molecule has 3 aromatic rings. The number of halogens is 6. The number of hydrogen-bond donors (Lipinski definition) is 0. The molecule has 0 unspecified atom stereocenters. The van der Waals surface area contributed by atoms with Crippen LogP contribution in [0, 0.1) is 18.6 Å². The number of aromatic nitrogens is 3. The van der Waals surface area contributed by atoms with Crippen LogP contribution < -0.4 is 0 Å². The molecule has 0 saturated carbocycles. The zero-order chi connectivity index (χ0) is 22.5. The van der Waals surface area contributed by atoms with Gasteiger partial charge in [-0.25, -0.2) is 8.78 Å². The summed E-state index contributed by atoms with van der Waals surface area (Å²) in [6, 6.07) is 4.18. The number of aryl methyl sites for hydroxylation is 1. The van der Waals surface area contributed by atoms with Gasteiger partial charge in [-0.1, -0.05) is 17.7 Å². The predicted molar refractivity (Wildman–Crippen MR) is 103 cm³/mol. The number of alkyl halides is 3. The largest absolute Gasteiger partial charge is 0.417 e. The van der Waals surface area contributed by atoms with Gasteiger partial charge in [0.25, 0.3) is 0 Å². The van der Waals surface area contributed by atoms with Crippen molar-refractivity contribution in [3.05, 3.63) is 75.3 Å². The number of nitrogens with zero attached hydrogens (tertiary/aromatic N) is 4. The van der Waals surface area contributed by atoms with Gasteiger partial charge in [0.2, 0.25) is 0 Å². The third kappa shape index (κ3) is 3.49. The topological polar surface area (TPSA) is 52.3 Å². The molecular weight excluding hydrogens is 443 g/mol. The Balaban J connectivity index is 2.15. The molecular formula is C20H14ClF5N4O. The third-order valence-corrected chi connectivity index (χ3v) is 5.25. The Hall–Kier alpha value is -2.85. The molecule has 4 rings (SSSR count). The number of fused-ring (bicyclic) bond motifs is 3. The minimum absolute atomic E-state index is 0.0601. The van der Waals surface area contributed by atoms with E-state index in [1.807, 2.05) is 0 Å². The van der Waals surface area contributed by atoms with Gasteiger partial charge in [-0.2, -0.15) is 13.2 Å². The highest BCUT2D eigenvalue weighted by Gasteiger charge is 2.38. The Kier molecular flexibility index (Phi) is 5.30. The van der Waals surface area contributed by atoms with Crippen molar-refractivity contribution in [2.45, 2.75) is 19.1 Å². The van der Waals surface area contributed by atoms with Crippen LogP contribution in [0.4, 0.5) is 22.0 Å². The van der Waals surface area contributed by atoms with Crippen LogP contribution in [-0.2, 0) is 10.9 Å². The molecule has 11 heteroatoms. The second kappa shape index (κ2) is 7.69. The van der Waals surface area contributed by atoms with Crippen LogP contribution in [0.25, 0.3) is 5.69 Å². The van der Waals surface area contributed by atoms with E-state index in [-0.39, 0.29) is 29.4 Å². The Bertz CT molecular complexity index is 1180. The third-order valence-electron chi connectivity index (χ3n) is 4.86. The summed E-state index contributed by atoms with van der Waals surface area (Å²) in [6.45, 7) is 1.53. The van der Waals surface area contributed by atoms with Gasteiger partial charge in [0, 0.05) is 12.7 Å². The molecule has 31 heavy (non-hydrogen) atoms. The van der Waals surface area contributed by atoms with Gasteiger partial charge < -0.3 is 4.74 Å². The molecule has 0 aliphatic carbocycles. The minimum Gasteiger partial charge on any atom is -0.382 e. The lowest BCUT2D eigenvalue weighted by molar-refractivity contribution is -0.137. The SMILES string of the molecule is COC[C@@H]1N=C(c2c(F)cccc2F)c2c(ccc(C(F)(F)F)c2Cl)-n2c(C)nnc21. The maximum Gasteiger partial charge on any atom is 0.417 e. The van der Waals surface area contributed by atoms with Crippen LogP contribution in [0.1, 0.15) is 34.4 Å². The first-order chi connectivity index (χ1) is 14.6. The zero-order valence-electron chi connectivity index (χ0n) is 16.1. The smallest absolute Gasteiger partial charge is 0.382 e. The van der Waals surface area contributed by atoms with Gasteiger partial charge in [-0.15, -0.1) is 10.2 Å². The fraction of sp³-hybridized carbons (Fsp3) is 0.250. The van der Waals surface area contributed by atoms with Crippen molar-refractivity contribution in [2.75, 3.05) is 13.7 Å². The fourth-order valence-corrected chi connectivity index (χ4v) is 3.91. The molecule has 162 valence electrons. The molecule has 0 bridgehead atoms. The monoisotopic (exact) mass is 456 g/mol. The van der Waals surface area contributed by atoms with E-state index in [9.17, 15) is 22.0 Å². The first-order valence-corrected chi connectivity index (χ1v) is 9.36. The summed E-state index contributed by atoms with van der Waals surface area (Å²) in [5.41, 5.74) is -2.27. The lowest BCUT2D eigenvalue weighted by atomic mass is 9.97. The van der Waals surface area contributed by atoms with E-state index in [0.717, 1.165) is 30.3 Å². The first-order valence-electron chi connectivity index (χ1n) is 8.98. The van der Waals surface area contributed by atoms with Crippen LogP contribution >= 0.6 is 11.6 Å². The number of aliphatic imine (C=N–C) groups is 1. The Morgan fingerprint density at radius 2 is 1.74 bits per heavy atom. The van der Waals surface area contributed by atoms with Crippen molar-refractivity contribution in [3.63, 3.8) is 0 Å². The molecule has 0 saturated heterocycles. The molecule has 1 aromatic heterocycles. The van der Waals surface area contributed by atoms with E-state index < -0.39 is 40.0 Å². The van der Waals surface area contributed by atoms with Crippen molar-refractivity contribution >= 4 is 17.3 Å². The summed E-state index contributed by atoms with van der Waals surface area (Å²) in [5, 5.41) is 7.31. The van der Waals surface area contributed by atoms with Crippen LogP contribution in [0.5, 0.6) is 0 Å². The van der Waals surface area contributed by atoms with Crippen molar-refractivity contribution in [2.24, 2.45) is 4.99 Å². The van der Waals surface area contributed by atoms with E-state index >= 15 is 0 Å². The summed E-state index contributed by atoms with van der Waals surface area (Å²) in [6.07, 6.45) is -4.80. The molecule has 0 spiro atoms. The first kappa shape index (κ1) is 21.4. The van der Waals surface area contributed by atoms with Gasteiger partial charge in [-0.3, -0.25) is 9.56 Å². The van der Waals surface area contributed by atoms with Crippen molar-refractivity contribution < 1.29 is 26.7 Å². The van der Waals surface area contributed by atoms with Gasteiger partial charge in [0.1, 0.15) is 23.5 Å². The molecule has 0 N–H and O–H groups in total. The molecule has 5 nitrogen and oxygen atoms in total. The number of benzene rings is 2. The quantitative estimate of drug-likeness (QED) is 0.517. The Morgan fingerprint density at radius 1 is 1.06 bits per heavy atom. The Morgan fingerprint density at radius 3 is 2.35 bits per heavy atom. The van der Waals surface area contributed by atoms with Gasteiger partial charge >= 0.3 is 6.18 Å². The molecule has 0 fully saturated rings. The van der Waals surface area contributed by atoms with Crippen LogP contribution in [0.3, 0.4) is 0 Å². The lowest BCUT2D eigenvalue weighted by Gasteiger charge is -2.18. The summed E-state index contributed by atoms with van der Waals surface area (Å²) in [7, 11) is 1.39. The minimum atomic E-state index is -4.80. The average molecular weight is 457 g/mol. The van der Waals surface area contributed by atoms with Gasteiger partial charge in [0.05, 0.1) is 34.2 Å². The van der Waals surface area contributed by atoms with Crippen LogP contribution in [0.15, 0.2) is 35.3 Å². The highest BCUT2D eigenvalue weighted by molar-refractivity contribution is 6.37. The van der Waals surface area contributed by atoms with E-state index in [0.29, 0.717) is 5.82 Å². The maximum absolute atomic E-state index is 14.7. The van der Waals surface area contributed by atoms with Crippen molar-refractivity contribution in [1.82, 2.24) is 14.8 Å². The molecule has 1 atom stereocenters. The normalized spacial score (nSPS) is 15.9. The Labute approximate surface area is 178 Å². The number of rotatable bonds is 3. The molecule has 1 aliphatic heterocycles. The molecule has 0 amide bonds. The van der Waals surface area contributed by atoms with E-state index in [1.165, 1.54) is 11.7 Å². The van der Waals surface area contributed by atoms with Crippen LogP contribution in [-0.4, -0.2) is 34.2 Å². The van der Waals surface area contributed by atoms with E-state index in [1.54, 1.807) is 6.92 Å². The average Bonchev–Trinajstić information content (AvgIpc) is 3.00. The highest BCUT2D eigenvalue weighted by Crippen LogP contribution is 2.42. The molecule has 0 radical (unpaired) electrons. The molecule has 1 aliphatic rings. The summed E-state index contributed by atoms with van der Waals surface area (Å²) >= 11 is 6.21. The summed E-state index contributed by atoms with van der Waals surface area (Å²) < 4.78 is 76.9. The lowest BCUT2D eigenvalue weighted by Crippen LogP contribution is -2.16. The maximum atomic E-state index is 14.7. The molecule has 2 heterocycles. The predicted octanol–water partition coefficient (Wildman–Crippen LogP) is 5.06. The standard InChI is InChI=1S/C20H14ClF5N4O/c1-9-28-29-19-13(8-31-2)27-18(15-11(22)4-3-5-12(15)23)16-14(30(9)19)7-6-10(17(16)21)20(24,25)26/h3-7,13H,8H2,1-2H3/t13-/m0/s1. The van der Waals surface area contributed by atoms with Crippen LogP contribution in [0.2, 0.25) is 5.02 Å². The second-order valence-electron chi connectivity index (χ2n) is 6.81. The zero-order valence-corrected chi connectivity index (χ0v) is 16.9. The number of hydrogen-bond acceptors (Lipinski definition) is 4. The van der Waals surface area contributed by atoms with E-state index in [4.69, 9.17) is 16.3 Å². The van der Waals surface area contributed by atoms with Gasteiger partial charge in [-0.05, 0) is 31.2 Å². The number of methoxy groups -OCH3 is 1. The molecule has 2 aromatic carbocycles. The summed E-state index contributed by atoms with van der Waals surface area (Å²) in [5.74, 6) is -1.42.